The first-order valence-electron chi connectivity index (χ1n) is 4.90. The van der Waals surface area contributed by atoms with Crippen LogP contribution in [0, 0.1) is 6.92 Å². The molecular weight excluding hydrogens is 178 g/mol. The van der Waals surface area contributed by atoms with Crippen molar-refractivity contribution in [3.63, 3.8) is 0 Å². The molecule has 0 aliphatic carbocycles. The van der Waals surface area contributed by atoms with Crippen LogP contribution < -0.4 is 15.2 Å². The van der Waals surface area contributed by atoms with Crippen molar-refractivity contribution in [1.29, 1.82) is 0 Å². The zero-order chi connectivity index (χ0) is 9.97. The molecule has 0 spiro atoms. The standard InChI is InChI=1S/C11H15NO2/c1-8-5-10-11(6-9(8)7-12)14-4-2-3-13-10/h5-6H,2-4,7,12H2,1H3. The zero-order valence-corrected chi connectivity index (χ0v) is 8.38. The van der Waals surface area contributed by atoms with Gasteiger partial charge in [-0.3, -0.25) is 0 Å². The molecule has 2 N–H and O–H groups in total. The first kappa shape index (κ1) is 9.34. The van der Waals surface area contributed by atoms with Gasteiger partial charge in [0.05, 0.1) is 13.2 Å². The van der Waals surface area contributed by atoms with E-state index in [4.69, 9.17) is 15.2 Å². The van der Waals surface area contributed by atoms with E-state index in [2.05, 4.69) is 0 Å². The van der Waals surface area contributed by atoms with Gasteiger partial charge in [-0.05, 0) is 30.2 Å². The Morgan fingerprint density at radius 3 is 2.50 bits per heavy atom. The van der Waals surface area contributed by atoms with E-state index in [0.717, 1.165) is 42.3 Å². The van der Waals surface area contributed by atoms with Gasteiger partial charge in [-0.2, -0.15) is 0 Å². The number of aryl methyl sites for hydroxylation is 1. The maximum atomic E-state index is 5.63. The molecule has 3 nitrogen and oxygen atoms in total. The van der Waals surface area contributed by atoms with Crippen molar-refractivity contribution in [2.24, 2.45) is 5.73 Å². The second-order valence-corrected chi connectivity index (χ2v) is 3.48. The van der Waals surface area contributed by atoms with Crippen molar-refractivity contribution >= 4 is 0 Å². The van der Waals surface area contributed by atoms with Crippen molar-refractivity contribution in [1.82, 2.24) is 0 Å². The van der Waals surface area contributed by atoms with Gasteiger partial charge in [0.1, 0.15) is 0 Å². The Morgan fingerprint density at radius 2 is 1.86 bits per heavy atom. The number of ether oxygens (including phenoxy) is 2. The van der Waals surface area contributed by atoms with Crippen LogP contribution in [-0.2, 0) is 6.54 Å². The van der Waals surface area contributed by atoms with Crippen LogP contribution in [0.2, 0.25) is 0 Å². The smallest absolute Gasteiger partial charge is 0.161 e. The van der Waals surface area contributed by atoms with E-state index in [9.17, 15) is 0 Å². The van der Waals surface area contributed by atoms with Crippen molar-refractivity contribution < 1.29 is 9.47 Å². The Hall–Kier alpha value is -1.22. The highest BCUT2D eigenvalue weighted by Crippen LogP contribution is 2.32. The highest BCUT2D eigenvalue weighted by atomic mass is 16.5. The number of benzene rings is 1. The summed E-state index contributed by atoms with van der Waals surface area (Å²) in [6.45, 7) is 4.04. The SMILES string of the molecule is Cc1cc2c(cc1CN)OCCCO2. The summed E-state index contributed by atoms with van der Waals surface area (Å²) in [7, 11) is 0. The molecule has 0 saturated heterocycles. The highest BCUT2D eigenvalue weighted by Gasteiger charge is 2.12. The minimum absolute atomic E-state index is 0.544. The summed E-state index contributed by atoms with van der Waals surface area (Å²) in [5, 5.41) is 0. The molecule has 0 aromatic heterocycles. The lowest BCUT2D eigenvalue weighted by molar-refractivity contribution is 0.297. The van der Waals surface area contributed by atoms with Crippen molar-refractivity contribution in [3.05, 3.63) is 23.3 Å². The molecule has 76 valence electrons. The highest BCUT2D eigenvalue weighted by molar-refractivity contribution is 5.47. The van der Waals surface area contributed by atoms with Crippen LogP contribution in [0.5, 0.6) is 11.5 Å². The number of hydrogen-bond acceptors (Lipinski definition) is 3. The Kier molecular flexibility index (Phi) is 2.59. The number of rotatable bonds is 1. The molecule has 0 atom stereocenters. The maximum Gasteiger partial charge on any atom is 0.161 e. The molecular formula is C11H15NO2. The van der Waals surface area contributed by atoms with Gasteiger partial charge in [-0.1, -0.05) is 0 Å². The molecule has 1 aromatic carbocycles. The third kappa shape index (κ3) is 1.68. The van der Waals surface area contributed by atoms with Gasteiger partial charge >= 0.3 is 0 Å². The molecule has 2 rings (SSSR count). The summed E-state index contributed by atoms with van der Waals surface area (Å²) in [6, 6.07) is 3.98. The third-order valence-corrected chi connectivity index (χ3v) is 2.43. The molecule has 3 heteroatoms. The fraction of sp³-hybridized carbons (Fsp3) is 0.455. The molecule has 0 fully saturated rings. The molecule has 14 heavy (non-hydrogen) atoms. The van der Waals surface area contributed by atoms with Gasteiger partial charge in [-0.15, -0.1) is 0 Å². The minimum Gasteiger partial charge on any atom is -0.490 e. The molecule has 0 bridgehead atoms. The van der Waals surface area contributed by atoms with Crippen LogP contribution in [0.15, 0.2) is 12.1 Å². The van der Waals surface area contributed by atoms with E-state index >= 15 is 0 Å². The van der Waals surface area contributed by atoms with Crippen molar-refractivity contribution in [2.45, 2.75) is 19.9 Å². The molecule has 0 amide bonds. The van der Waals surface area contributed by atoms with Gasteiger partial charge in [0.2, 0.25) is 0 Å². The fourth-order valence-corrected chi connectivity index (χ4v) is 1.57. The average Bonchev–Trinajstić information content (AvgIpc) is 2.41. The summed E-state index contributed by atoms with van der Waals surface area (Å²) in [5.74, 6) is 1.67. The maximum absolute atomic E-state index is 5.63. The van der Waals surface area contributed by atoms with E-state index < -0.39 is 0 Å². The Balaban J connectivity index is 2.41. The first-order valence-corrected chi connectivity index (χ1v) is 4.90. The molecule has 1 aromatic rings. The summed E-state index contributed by atoms with van der Waals surface area (Å²) < 4.78 is 11.1. The van der Waals surface area contributed by atoms with E-state index in [1.807, 2.05) is 19.1 Å². The van der Waals surface area contributed by atoms with Gasteiger partial charge in [0.15, 0.2) is 11.5 Å². The minimum atomic E-state index is 0.544. The number of hydrogen-bond donors (Lipinski definition) is 1. The average molecular weight is 193 g/mol. The van der Waals surface area contributed by atoms with Gasteiger partial charge in [0, 0.05) is 13.0 Å². The van der Waals surface area contributed by atoms with E-state index in [-0.39, 0.29) is 0 Å². The predicted octanol–water partition coefficient (Wildman–Crippen LogP) is 1.62. The van der Waals surface area contributed by atoms with Crippen LogP contribution in [0.4, 0.5) is 0 Å². The van der Waals surface area contributed by atoms with Crippen LogP contribution in [0.3, 0.4) is 0 Å². The van der Waals surface area contributed by atoms with E-state index in [1.165, 1.54) is 0 Å². The van der Waals surface area contributed by atoms with Crippen LogP contribution in [-0.4, -0.2) is 13.2 Å². The second kappa shape index (κ2) is 3.88. The third-order valence-electron chi connectivity index (χ3n) is 2.43. The fourth-order valence-electron chi connectivity index (χ4n) is 1.57. The first-order chi connectivity index (χ1) is 6.81. The number of fused-ring (bicyclic) bond motifs is 1. The molecule has 0 saturated carbocycles. The summed E-state index contributed by atoms with van der Waals surface area (Å²) in [6.07, 6.45) is 0.936. The lowest BCUT2D eigenvalue weighted by Gasteiger charge is -2.11. The van der Waals surface area contributed by atoms with Gasteiger partial charge in [-0.25, -0.2) is 0 Å². The largest absolute Gasteiger partial charge is 0.490 e. The molecule has 0 radical (unpaired) electrons. The van der Waals surface area contributed by atoms with Gasteiger partial charge in [0.25, 0.3) is 0 Å². The molecule has 1 aliphatic heterocycles. The monoisotopic (exact) mass is 193 g/mol. The Morgan fingerprint density at radius 1 is 1.21 bits per heavy atom. The molecule has 1 heterocycles. The van der Waals surface area contributed by atoms with Crippen LogP contribution >= 0.6 is 0 Å². The lowest BCUT2D eigenvalue weighted by Crippen LogP contribution is -2.01. The number of nitrogens with two attached hydrogens (primary N) is 1. The normalized spacial score (nSPS) is 15.0. The Bertz CT molecular complexity index is 336. The topological polar surface area (TPSA) is 44.5 Å². The van der Waals surface area contributed by atoms with Crippen molar-refractivity contribution in [2.75, 3.05) is 13.2 Å². The van der Waals surface area contributed by atoms with Crippen molar-refractivity contribution in [3.8, 4) is 11.5 Å². The van der Waals surface area contributed by atoms with Crippen LogP contribution in [0.1, 0.15) is 17.5 Å². The summed E-state index contributed by atoms with van der Waals surface area (Å²) in [5.41, 5.74) is 7.91. The second-order valence-electron chi connectivity index (χ2n) is 3.48. The molecule has 1 aliphatic rings. The quantitative estimate of drug-likeness (QED) is 0.737. The van der Waals surface area contributed by atoms with Gasteiger partial charge < -0.3 is 15.2 Å². The van der Waals surface area contributed by atoms with E-state index in [1.54, 1.807) is 0 Å². The van der Waals surface area contributed by atoms with Crippen LogP contribution in [0.25, 0.3) is 0 Å². The zero-order valence-electron chi connectivity index (χ0n) is 8.38. The van der Waals surface area contributed by atoms with E-state index in [0.29, 0.717) is 6.54 Å². The molecule has 0 unspecified atom stereocenters. The summed E-state index contributed by atoms with van der Waals surface area (Å²) >= 11 is 0. The Labute approximate surface area is 83.8 Å². The lowest BCUT2D eigenvalue weighted by atomic mass is 10.1. The summed E-state index contributed by atoms with van der Waals surface area (Å²) in [4.78, 5) is 0. The predicted molar refractivity (Wildman–Crippen MR) is 54.7 cm³/mol.